The number of aryl methyl sites for hydroxylation is 1. The van der Waals surface area contributed by atoms with Crippen molar-refractivity contribution in [3.63, 3.8) is 0 Å². The highest BCUT2D eigenvalue weighted by Crippen LogP contribution is 2.17. The summed E-state index contributed by atoms with van der Waals surface area (Å²) in [6, 6.07) is 13.1. The highest BCUT2D eigenvalue weighted by molar-refractivity contribution is 5.94. The summed E-state index contributed by atoms with van der Waals surface area (Å²) in [5.74, 6) is -0.835. The highest BCUT2D eigenvalue weighted by Gasteiger charge is 2.15. The van der Waals surface area contributed by atoms with Gasteiger partial charge >= 0.3 is 0 Å². The van der Waals surface area contributed by atoms with Crippen molar-refractivity contribution in [2.24, 2.45) is 0 Å². The van der Waals surface area contributed by atoms with Gasteiger partial charge in [0.1, 0.15) is 5.82 Å². The van der Waals surface area contributed by atoms with Crippen LogP contribution in [0.1, 0.15) is 47.9 Å². The second kappa shape index (κ2) is 8.23. The minimum Gasteiger partial charge on any atom is -0.390 e. The number of aliphatic hydroxyl groups is 2. The lowest BCUT2D eigenvalue weighted by molar-refractivity contribution is 0.0714. The summed E-state index contributed by atoms with van der Waals surface area (Å²) in [6.07, 6.45) is 0.135. The van der Waals surface area contributed by atoms with Crippen LogP contribution in [0.2, 0.25) is 0 Å². The molecule has 4 nitrogen and oxygen atoms in total. The van der Waals surface area contributed by atoms with Crippen LogP contribution in [-0.2, 0) is 6.42 Å². The molecule has 5 heteroatoms. The SMILES string of the molecule is CC(C)(O)CCc1cccc(C(=O)NC[C@@H](O)c2ccccc2F)c1. The van der Waals surface area contributed by atoms with Gasteiger partial charge in [-0.15, -0.1) is 0 Å². The Balaban J connectivity index is 1.96. The maximum atomic E-state index is 13.6. The predicted octanol–water partition coefficient (Wildman–Crippen LogP) is 2.99. The summed E-state index contributed by atoms with van der Waals surface area (Å²) in [4.78, 5) is 12.3. The molecule has 2 aromatic carbocycles. The number of hydrogen-bond donors (Lipinski definition) is 3. The average Bonchev–Trinajstić information content (AvgIpc) is 2.57. The first-order valence-electron chi connectivity index (χ1n) is 8.28. The molecule has 0 fully saturated rings. The first-order valence-corrected chi connectivity index (χ1v) is 8.28. The smallest absolute Gasteiger partial charge is 0.251 e. The number of hydrogen-bond acceptors (Lipinski definition) is 3. The van der Waals surface area contributed by atoms with E-state index < -0.39 is 17.5 Å². The van der Waals surface area contributed by atoms with Gasteiger partial charge in [0, 0.05) is 17.7 Å². The van der Waals surface area contributed by atoms with E-state index in [2.05, 4.69) is 5.32 Å². The normalized spacial score (nSPS) is 12.7. The van der Waals surface area contributed by atoms with E-state index in [0.717, 1.165) is 5.56 Å². The third-order valence-electron chi connectivity index (χ3n) is 3.93. The van der Waals surface area contributed by atoms with Crippen LogP contribution < -0.4 is 5.32 Å². The molecule has 0 aromatic heterocycles. The number of amides is 1. The minimum atomic E-state index is -1.11. The lowest BCUT2D eigenvalue weighted by Crippen LogP contribution is -2.28. The maximum absolute atomic E-state index is 13.6. The molecule has 0 bridgehead atoms. The predicted molar refractivity (Wildman–Crippen MR) is 94.8 cm³/mol. The fraction of sp³-hybridized carbons (Fsp3) is 0.350. The topological polar surface area (TPSA) is 69.6 Å². The lowest BCUT2D eigenvalue weighted by Gasteiger charge is -2.17. The van der Waals surface area contributed by atoms with Crippen molar-refractivity contribution in [1.29, 1.82) is 0 Å². The van der Waals surface area contributed by atoms with Crippen molar-refractivity contribution in [1.82, 2.24) is 5.32 Å². The molecule has 134 valence electrons. The van der Waals surface area contributed by atoms with Crippen LogP contribution in [-0.4, -0.2) is 28.3 Å². The third kappa shape index (κ3) is 5.96. The van der Waals surface area contributed by atoms with Crippen molar-refractivity contribution < 1.29 is 19.4 Å². The van der Waals surface area contributed by atoms with Gasteiger partial charge in [0.25, 0.3) is 5.91 Å². The molecule has 0 saturated carbocycles. The van der Waals surface area contributed by atoms with Gasteiger partial charge < -0.3 is 15.5 Å². The molecule has 0 unspecified atom stereocenters. The molecule has 0 saturated heterocycles. The van der Waals surface area contributed by atoms with Crippen LogP contribution in [0.5, 0.6) is 0 Å². The monoisotopic (exact) mass is 345 g/mol. The number of halogens is 1. The van der Waals surface area contributed by atoms with E-state index in [1.54, 1.807) is 44.2 Å². The zero-order valence-corrected chi connectivity index (χ0v) is 14.5. The van der Waals surface area contributed by atoms with Gasteiger partial charge in [-0.1, -0.05) is 30.3 Å². The first kappa shape index (κ1) is 19.1. The van der Waals surface area contributed by atoms with Crippen LogP contribution in [0.4, 0.5) is 4.39 Å². The van der Waals surface area contributed by atoms with E-state index in [-0.39, 0.29) is 18.0 Å². The molecule has 0 aliphatic carbocycles. The minimum absolute atomic E-state index is 0.0757. The van der Waals surface area contributed by atoms with E-state index in [9.17, 15) is 19.4 Å². The molecule has 25 heavy (non-hydrogen) atoms. The van der Waals surface area contributed by atoms with E-state index in [1.165, 1.54) is 12.1 Å². The van der Waals surface area contributed by atoms with Gasteiger partial charge in [0.05, 0.1) is 11.7 Å². The van der Waals surface area contributed by atoms with Gasteiger partial charge in [0.15, 0.2) is 0 Å². The average molecular weight is 345 g/mol. The standard InChI is InChI=1S/C20H24FNO3/c1-20(2,25)11-10-14-6-5-7-15(12-14)19(24)22-13-18(23)16-8-3-4-9-17(16)21/h3-9,12,18,23,25H,10-11,13H2,1-2H3,(H,22,24)/t18-/m1/s1. The van der Waals surface area contributed by atoms with Gasteiger partial charge in [-0.3, -0.25) is 4.79 Å². The number of nitrogens with one attached hydrogen (secondary N) is 1. The number of carbonyl (C=O) groups excluding carboxylic acids is 1. The zero-order chi connectivity index (χ0) is 18.4. The fourth-order valence-corrected chi connectivity index (χ4v) is 2.47. The molecule has 0 radical (unpaired) electrons. The van der Waals surface area contributed by atoms with Gasteiger partial charge in [-0.25, -0.2) is 4.39 Å². The Labute approximate surface area is 147 Å². The fourth-order valence-electron chi connectivity index (χ4n) is 2.47. The molecule has 0 aliphatic heterocycles. The molecule has 2 aromatic rings. The van der Waals surface area contributed by atoms with Crippen LogP contribution in [0.15, 0.2) is 48.5 Å². The Morgan fingerprint density at radius 1 is 1.20 bits per heavy atom. The Bertz CT molecular complexity index is 725. The van der Waals surface area contributed by atoms with E-state index >= 15 is 0 Å². The van der Waals surface area contributed by atoms with Crippen molar-refractivity contribution in [3.8, 4) is 0 Å². The van der Waals surface area contributed by atoms with E-state index in [4.69, 9.17) is 0 Å². The number of benzene rings is 2. The Morgan fingerprint density at radius 2 is 1.92 bits per heavy atom. The largest absolute Gasteiger partial charge is 0.390 e. The second-order valence-corrected chi connectivity index (χ2v) is 6.76. The molecule has 2 rings (SSSR count). The second-order valence-electron chi connectivity index (χ2n) is 6.76. The Hall–Kier alpha value is -2.24. The molecule has 0 aliphatic rings. The summed E-state index contributed by atoms with van der Waals surface area (Å²) in [5, 5.41) is 22.5. The van der Waals surface area contributed by atoms with Crippen LogP contribution in [0, 0.1) is 5.82 Å². The Morgan fingerprint density at radius 3 is 2.60 bits per heavy atom. The molecule has 0 heterocycles. The van der Waals surface area contributed by atoms with Crippen molar-refractivity contribution >= 4 is 5.91 Å². The van der Waals surface area contributed by atoms with Gasteiger partial charge in [-0.2, -0.15) is 0 Å². The van der Waals surface area contributed by atoms with E-state index in [1.807, 2.05) is 6.07 Å². The summed E-state index contributed by atoms with van der Waals surface area (Å²) in [6.45, 7) is 3.41. The highest BCUT2D eigenvalue weighted by atomic mass is 19.1. The third-order valence-corrected chi connectivity index (χ3v) is 3.93. The molecule has 1 amide bonds. The van der Waals surface area contributed by atoms with E-state index in [0.29, 0.717) is 18.4 Å². The quantitative estimate of drug-likeness (QED) is 0.722. The van der Waals surface area contributed by atoms with Gasteiger partial charge in [-0.05, 0) is 50.5 Å². The van der Waals surface area contributed by atoms with Gasteiger partial charge in [0.2, 0.25) is 0 Å². The van der Waals surface area contributed by atoms with Crippen molar-refractivity contribution in [3.05, 3.63) is 71.0 Å². The van der Waals surface area contributed by atoms with Crippen LogP contribution >= 0.6 is 0 Å². The first-order chi connectivity index (χ1) is 11.8. The molecular formula is C20H24FNO3. The number of carbonyl (C=O) groups is 1. The molecular weight excluding hydrogens is 321 g/mol. The van der Waals surface area contributed by atoms with Crippen molar-refractivity contribution in [2.45, 2.75) is 38.4 Å². The molecule has 1 atom stereocenters. The number of rotatable bonds is 7. The lowest BCUT2D eigenvalue weighted by atomic mass is 9.98. The van der Waals surface area contributed by atoms with Crippen molar-refractivity contribution in [2.75, 3.05) is 6.54 Å². The summed E-state index contributed by atoms with van der Waals surface area (Å²) in [5.41, 5.74) is 0.808. The summed E-state index contributed by atoms with van der Waals surface area (Å²) < 4.78 is 13.6. The number of aliphatic hydroxyl groups excluding tert-OH is 1. The Kier molecular flexibility index (Phi) is 6.28. The zero-order valence-electron chi connectivity index (χ0n) is 14.5. The maximum Gasteiger partial charge on any atom is 0.251 e. The molecule has 3 N–H and O–H groups in total. The van der Waals surface area contributed by atoms with Crippen LogP contribution in [0.25, 0.3) is 0 Å². The molecule has 0 spiro atoms. The summed E-state index contributed by atoms with van der Waals surface area (Å²) in [7, 11) is 0. The van der Waals surface area contributed by atoms with Crippen LogP contribution in [0.3, 0.4) is 0 Å². The summed E-state index contributed by atoms with van der Waals surface area (Å²) >= 11 is 0.